The first kappa shape index (κ1) is 26.2. The summed E-state index contributed by atoms with van der Waals surface area (Å²) in [4.78, 5) is 44.8. The number of carbonyl (C=O) groups excluding carboxylic acids is 2. The molecule has 3 aliphatic rings. The molecule has 10 nitrogen and oxygen atoms in total. The van der Waals surface area contributed by atoms with E-state index < -0.39 is 0 Å². The predicted octanol–water partition coefficient (Wildman–Crippen LogP) is 4.18. The highest BCUT2D eigenvalue weighted by molar-refractivity contribution is 5.87. The molecule has 1 unspecified atom stereocenters. The van der Waals surface area contributed by atoms with Crippen molar-refractivity contribution in [2.24, 2.45) is 0 Å². The molecule has 2 saturated heterocycles. The lowest BCUT2D eigenvalue weighted by atomic mass is 9.98. The third-order valence-electron chi connectivity index (χ3n) is 8.76. The van der Waals surface area contributed by atoms with Gasteiger partial charge >= 0.3 is 6.03 Å². The lowest BCUT2D eigenvalue weighted by Crippen LogP contribution is -2.53. The van der Waals surface area contributed by atoms with Crippen LogP contribution in [-0.4, -0.2) is 85.4 Å². The summed E-state index contributed by atoms with van der Waals surface area (Å²) in [6, 6.07) is 14.5. The molecule has 3 fully saturated rings. The fourth-order valence-corrected chi connectivity index (χ4v) is 6.20. The van der Waals surface area contributed by atoms with Crippen LogP contribution in [0, 0.1) is 0 Å². The minimum absolute atomic E-state index is 0.0556. The SMILES string of the molecule is C=CC(=O)N1CCN(C(=O)N2CCC(c3ccc(-n4c(-c5cccnc5N)nc5cc(C6CC6)cnc54)cc3)C2)CC1. The molecule has 5 heterocycles. The largest absolute Gasteiger partial charge is 0.383 e. The van der Waals surface area contributed by atoms with Gasteiger partial charge in [-0.3, -0.25) is 9.36 Å². The van der Waals surface area contributed by atoms with Crippen LogP contribution >= 0.6 is 0 Å². The Balaban J connectivity index is 1.11. The first-order chi connectivity index (χ1) is 20.5. The molecule has 2 N–H and O–H groups in total. The van der Waals surface area contributed by atoms with E-state index >= 15 is 0 Å². The lowest BCUT2D eigenvalue weighted by Gasteiger charge is -2.36. The third-order valence-corrected chi connectivity index (χ3v) is 8.76. The van der Waals surface area contributed by atoms with Crippen LogP contribution in [0.2, 0.25) is 0 Å². The number of aromatic nitrogens is 4. The van der Waals surface area contributed by atoms with Gasteiger partial charge in [0.05, 0.1) is 5.56 Å². The molecule has 1 saturated carbocycles. The van der Waals surface area contributed by atoms with Gasteiger partial charge in [-0.05, 0) is 72.7 Å². The number of carbonyl (C=O) groups is 2. The monoisotopic (exact) mass is 562 g/mol. The van der Waals surface area contributed by atoms with Gasteiger partial charge < -0.3 is 20.4 Å². The lowest BCUT2D eigenvalue weighted by molar-refractivity contribution is -0.127. The maximum absolute atomic E-state index is 13.2. The van der Waals surface area contributed by atoms with Crippen molar-refractivity contribution >= 4 is 28.9 Å². The topological polar surface area (TPSA) is 113 Å². The van der Waals surface area contributed by atoms with E-state index in [2.05, 4.69) is 46.5 Å². The van der Waals surface area contributed by atoms with Crippen molar-refractivity contribution in [3.8, 4) is 17.1 Å². The number of benzene rings is 1. The summed E-state index contributed by atoms with van der Waals surface area (Å²) in [5.74, 6) is 1.92. The van der Waals surface area contributed by atoms with Gasteiger partial charge in [-0.1, -0.05) is 18.7 Å². The van der Waals surface area contributed by atoms with Crippen LogP contribution in [0.5, 0.6) is 0 Å². The van der Waals surface area contributed by atoms with E-state index in [1.54, 1.807) is 11.1 Å². The molecule has 2 aliphatic heterocycles. The number of hydrogen-bond donors (Lipinski definition) is 1. The molecule has 7 rings (SSSR count). The van der Waals surface area contributed by atoms with Crippen LogP contribution < -0.4 is 5.73 Å². The van der Waals surface area contributed by atoms with E-state index in [9.17, 15) is 9.59 Å². The van der Waals surface area contributed by atoms with Gasteiger partial charge in [-0.15, -0.1) is 0 Å². The highest BCUT2D eigenvalue weighted by atomic mass is 16.2. The number of hydrogen-bond acceptors (Lipinski definition) is 6. The Morgan fingerprint density at radius 3 is 2.36 bits per heavy atom. The van der Waals surface area contributed by atoms with Crippen molar-refractivity contribution in [2.45, 2.75) is 31.1 Å². The standard InChI is InChI=1S/C32H34N8O2/c1-2-28(41)37-14-16-38(17-15-37)32(42)39-13-11-23(20-39)21-7-9-25(10-8-21)40-30(26-4-3-12-34-29(26)33)36-27-18-24(22-5-6-22)19-35-31(27)40/h2-4,7-10,12,18-19,22-23H,1,5-6,11,13-17,20H2,(H2,33,34). The second kappa shape index (κ2) is 10.6. The Hall–Kier alpha value is -4.73. The fourth-order valence-electron chi connectivity index (χ4n) is 6.20. The molecule has 4 aromatic rings. The third kappa shape index (κ3) is 4.76. The number of rotatable bonds is 5. The molecule has 42 heavy (non-hydrogen) atoms. The maximum atomic E-state index is 13.2. The summed E-state index contributed by atoms with van der Waals surface area (Å²) in [5.41, 5.74) is 12.1. The van der Waals surface area contributed by atoms with Crippen molar-refractivity contribution in [1.82, 2.24) is 34.2 Å². The summed E-state index contributed by atoms with van der Waals surface area (Å²) >= 11 is 0. The summed E-state index contributed by atoms with van der Waals surface area (Å²) in [6.07, 6.45) is 8.31. The van der Waals surface area contributed by atoms with Gasteiger partial charge in [0.2, 0.25) is 5.91 Å². The molecule has 0 spiro atoms. The van der Waals surface area contributed by atoms with Crippen LogP contribution in [0.4, 0.5) is 10.6 Å². The molecule has 3 amide bonds. The van der Waals surface area contributed by atoms with Crippen molar-refractivity contribution in [1.29, 1.82) is 0 Å². The quantitative estimate of drug-likeness (QED) is 0.365. The van der Waals surface area contributed by atoms with Crippen molar-refractivity contribution in [3.05, 3.63) is 78.6 Å². The first-order valence-corrected chi connectivity index (χ1v) is 14.6. The molecule has 3 aromatic heterocycles. The number of likely N-dealkylation sites (tertiary alicyclic amines) is 1. The zero-order valence-corrected chi connectivity index (χ0v) is 23.5. The zero-order valence-electron chi connectivity index (χ0n) is 23.5. The average Bonchev–Trinajstić information content (AvgIpc) is 3.64. The second-order valence-electron chi connectivity index (χ2n) is 11.4. The van der Waals surface area contributed by atoms with Crippen LogP contribution in [-0.2, 0) is 4.79 Å². The number of nitrogens with two attached hydrogens (primary N) is 1. The zero-order chi connectivity index (χ0) is 28.8. The molecule has 214 valence electrons. The Morgan fingerprint density at radius 2 is 1.64 bits per heavy atom. The predicted molar refractivity (Wildman–Crippen MR) is 161 cm³/mol. The van der Waals surface area contributed by atoms with E-state index in [1.807, 2.05) is 28.1 Å². The Labute approximate surface area is 244 Å². The molecule has 1 aliphatic carbocycles. The van der Waals surface area contributed by atoms with Crippen LogP contribution in [0.1, 0.15) is 42.2 Å². The fraction of sp³-hybridized carbons (Fsp3) is 0.344. The summed E-state index contributed by atoms with van der Waals surface area (Å²) in [5, 5.41) is 0. The molecule has 10 heteroatoms. The second-order valence-corrected chi connectivity index (χ2v) is 11.4. The summed E-state index contributed by atoms with van der Waals surface area (Å²) < 4.78 is 2.06. The number of nitrogens with zero attached hydrogens (tertiary/aromatic N) is 7. The molecule has 1 aromatic carbocycles. The highest BCUT2D eigenvalue weighted by Crippen LogP contribution is 2.41. The molecule has 1 atom stereocenters. The van der Waals surface area contributed by atoms with Gasteiger partial charge in [0.25, 0.3) is 0 Å². The minimum Gasteiger partial charge on any atom is -0.383 e. The number of piperazine rings is 1. The Kier molecular flexibility index (Phi) is 6.60. The van der Waals surface area contributed by atoms with Crippen molar-refractivity contribution in [3.63, 3.8) is 0 Å². The molecular weight excluding hydrogens is 528 g/mol. The van der Waals surface area contributed by atoms with Crippen molar-refractivity contribution < 1.29 is 9.59 Å². The van der Waals surface area contributed by atoms with Gasteiger partial charge in [-0.25, -0.2) is 19.7 Å². The van der Waals surface area contributed by atoms with E-state index in [0.29, 0.717) is 44.5 Å². The number of imidazole rings is 1. The van der Waals surface area contributed by atoms with Crippen molar-refractivity contribution in [2.75, 3.05) is 45.0 Å². The Morgan fingerprint density at radius 1 is 0.881 bits per heavy atom. The van der Waals surface area contributed by atoms with Gasteiger partial charge in [0, 0.05) is 63.3 Å². The molecule has 0 bridgehead atoms. The van der Waals surface area contributed by atoms with E-state index in [4.69, 9.17) is 15.7 Å². The minimum atomic E-state index is -0.0784. The van der Waals surface area contributed by atoms with E-state index in [0.717, 1.165) is 41.2 Å². The van der Waals surface area contributed by atoms with E-state index in [-0.39, 0.29) is 17.9 Å². The summed E-state index contributed by atoms with van der Waals surface area (Å²) in [7, 11) is 0. The van der Waals surface area contributed by atoms with Gasteiger partial charge in [-0.2, -0.15) is 0 Å². The number of anilines is 1. The molecular formula is C32H34N8O2. The van der Waals surface area contributed by atoms with Gasteiger partial charge in [0.15, 0.2) is 11.5 Å². The Bertz CT molecular complexity index is 1670. The van der Waals surface area contributed by atoms with Crippen LogP contribution in [0.25, 0.3) is 28.2 Å². The normalized spacial score (nSPS) is 19.0. The number of nitrogen functional groups attached to an aromatic ring is 1. The maximum Gasteiger partial charge on any atom is 0.320 e. The average molecular weight is 563 g/mol. The number of pyridine rings is 2. The number of fused-ring (bicyclic) bond motifs is 1. The number of amides is 3. The van der Waals surface area contributed by atoms with Crippen LogP contribution in [0.3, 0.4) is 0 Å². The smallest absolute Gasteiger partial charge is 0.320 e. The number of urea groups is 1. The summed E-state index contributed by atoms with van der Waals surface area (Å²) in [6.45, 7) is 7.15. The highest BCUT2D eigenvalue weighted by Gasteiger charge is 2.32. The van der Waals surface area contributed by atoms with Gasteiger partial charge in [0.1, 0.15) is 11.3 Å². The van der Waals surface area contributed by atoms with E-state index in [1.165, 1.54) is 30.0 Å². The first-order valence-electron chi connectivity index (χ1n) is 14.6. The van der Waals surface area contributed by atoms with Crippen LogP contribution in [0.15, 0.2) is 67.5 Å². The molecule has 0 radical (unpaired) electrons.